The van der Waals surface area contributed by atoms with Crippen LogP contribution in [0.4, 0.5) is 0 Å². The van der Waals surface area contributed by atoms with Crippen LogP contribution in [-0.2, 0) is 4.74 Å². The van der Waals surface area contributed by atoms with Crippen molar-refractivity contribution in [2.45, 2.75) is 50.2 Å². The molecule has 2 N–H and O–H groups in total. The Morgan fingerprint density at radius 3 is 2.56 bits per heavy atom. The lowest BCUT2D eigenvalue weighted by Crippen LogP contribution is -2.48. The highest BCUT2D eigenvalue weighted by Crippen LogP contribution is 2.34. The third kappa shape index (κ3) is 2.84. The molecule has 2 fully saturated rings. The molecule has 2 atom stereocenters. The molecule has 0 amide bonds. The van der Waals surface area contributed by atoms with Crippen molar-refractivity contribution in [2.24, 2.45) is 5.73 Å². The van der Waals surface area contributed by atoms with Crippen molar-refractivity contribution in [3.05, 3.63) is 12.7 Å². The lowest BCUT2D eigenvalue weighted by Gasteiger charge is -2.37. The maximum Gasteiger partial charge on any atom is 0.0593 e. The zero-order valence-electron chi connectivity index (χ0n) is 10.1. The first-order chi connectivity index (χ1) is 7.81. The molecule has 2 aliphatic heterocycles. The summed E-state index contributed by atoms with van der Waals surface area (Å²) < 4.78 is 5.58. The van der Waals surface area contributed by atoms with Gasteiger partial charge in [-0.1, -0.05) is 6.08 Å². The molecule has 2 rings (SSSR count). The van der Waals surface area contributed by atoms with Gasteiger partial charge in [0.05, 0.1) is 13.2 Å². The average Bonchev–Trinajstić information content (AvgIpc) is 2.51. The Hall–Kier alpha value is -0.380. The number of nitrogens with two attached hydrogens (primary N) is 1. The van der Waals surface area contributed by atoms with Crippen LogP contribution in [0.5, 0.6) is 0 Å². The number of hydrogen-bond acceptors (Lipinski definition) is 3. The summed E-state index contributed by atoms with van der Waals surface area (Å²) in [5, 5.41) is 0. The molecule has 0 saturated carbocycles. The Kier molecular flexibility index (Phi) is 4.38. The zero-order chi connectivity index (χ0) is 11.4. The van der Waals surface area contributed by atoms with Gasteiger partial charge in [-0.25, -0.2) is 0 Å². The minimum Gasteiger partial charge on any atom is -0.380 e. The lowest BCUT2D eigenvalue weighted by atomic mass is 9.98. The van der Waals surface area contributed by atoms with Crippen molar-refractivity contribution >= 4 is 0 Å². The van der Waals surface area contributed by atoms with E-state index in [9.17, 15) is 0 Å². The number of piperidine rings is 1. The third-order valence-corrected chi connectivity index (χ3v) is 3.88. The molecular weight excluding hydrogens is 200 g/mol. The van der Waals surface area contributed by atoms with E-state index in [2.05, 4.69) is 11.5 Å². The van der Waals surface area contributed by atoms with Gasteiger partial charge in [0.2, 0.25) is 0 Å². The van der Waals surface area contributed by atoms with Crippen LogP contribution in [0.15, 0.2) is 12.7 Å². The minimum absolute atomic E-state index is 0.440. The summed E-state index contributed by atoms with van der Waals surface area (Å²) in [6.07, 6.45) is 7.91. The Morgan fingerprint density at radius 2 is 1.94 bits per heavy atom. The predicted octanol–water partition coefficient (Wildman–Crippen LogP) is 1.53. The number of ether oxygens (including phenoxy) is 1. The van der Waals surface area contributed by atoms with E-state index < -0.39 is 0 Å². The Bertz CT molecular complexity index is 218. The quantitative estimate of drug-likeness (QED) is 0.549. The predicted molar refractivity (Wildman–Crippen MR) is 66.4 cm³/mol. The standard InChI is InChI=1S/C13H24N2O/c1-2-3-7-16-8-6-15-12-4-5-13(15)10-11(14)9-12/h2,11-13H,1,3-10,14H2. The first-order valence-electron chi connectivity index (χ1n) is 6.51. The third-order valence-electron chi connectivity index (χ3n) is 3.88. The molecule has 3 heteroatoms. The van der Waals surface area contributed by atoms with Crippen molar-refractivity contribution in [1.29, 1.82) is 0 Å². The summed E-state index contributed by atoms with van der Waals surface area (Å²) in [4.78, 5) is 2.62. The fraction of sp³-hybridized carbons (Fsp3) is 0.846. The second-order valence-electron chi connectivity index (χ2n) is 5.04. The van der Waals surface area contributed by atoms with Gasteiger partial charge in [0.1, 0.15) is 0 Å². The lowest BCUT2D eigenvalue weighted by molar-refractivity contribution is 0.0647. The van der Waals surface area contributed by atoms with Gasteiger partial charge in [0.25, 0.3) is 0 Å². The Balaban J connectivity index is 1.68. The topological polar surface area (TPSA) is 38.5 Å². The summed E-state index contributed by atoms with van der Waals surface area (Å²) in [6.45, 7) is 6.44. The van der Waals surface area contributed by atoms with E-state index in [1.54, 1.807) is 0 Å². The summed E-state index contributed by atoms with van der Waals surface area (Å²) in [5.41, 5.74) is 6.04. The van der Waals surface area contributed by atoms with Crippen LogP contribution in [0.2, 0.25) is 0 Å². The molecular formula is C13H24N2O. The fourth-order valence-electron chi connectivity index (χ4n) is 3.12. The second kappa shape index (κ2) is 5.80. The van der Waals surface area contributed by atoms with Crippen LogP contribution in [0.1, 0.15) is 32.1 Å². The van der Waals surface area contributed by atoms with Gasteiger partial charge in [-0.15, -0.1) is 6.58 Å². The van der Waals surface area contributed by atoms with Crippen molar-refractivity contribution in [3.63, 3.8) is 0 Å². The summed E-state index contributed by atoms with van der Waals surface area (Å²) in [5.74, 6) is 0. The molecule has 0 radical (unpaired) electrons. The van der Waals surface area contributed by atoms with Crippen LogP contribution < -0.4 is 5.73 Å². The number of rotatable bonds is 6. The molecule has 2 bridgehead atoms. The monoisotopic (exact) mass is 224 g/mol. The van der Waals surface area contributed by atoms with Gasteiger partial charge < -0.3 is 10.5 Å². The molecule has 0 aromatic heterocycles. The van der Waals surface area contributed by atoms with Gasteiger partial charge in [-0.05, 0) is 32.1 Å². The molecule has 2 saturated heterocycles. The normalized spacial score (nSPS) is 34.2. The first kappa shape index (κ1) is 12.1. The number of nitrogens with zero attached hydrogens (tertiary/aromatic N) is 1. The maximum absolute atomic E-state index is 6.04. The molecule has 0 aromatic carbocycles. The zero-order valence-corrected chi connectivity index (χ0v) is 10.1. The number of fused-ring (bicyclic) bond motifs is 2. The summed E-state index contributed by atoms with van der Waals surface area (Å²) in [6, 6.07) is 1.91. The second-order valence-corrected chi connectivity index (χ2v) is 5.04. The molecule has 0 aliphatic carbocycles. The highest BCUT2D eigenvalue weighted by molar-refractivity contribution is 4.96. The molecule has 2 aliphatic rings. The van der Waals surface area contributed by atoms with E-state index in [-0.39, 0.29) is 0 Å². The van der Waals surface area contributed by atoms with E-state index in [0.29, 0.717) is 6.04 Å². The average molecular weight is 224 g/mol. The van der Waals surface area contributed by atoms with Crippen LogP contribution in [0.3, 0.4) is 0 Å². The Labute approximate surface area is 98.6 Å². The van der Waals surface area contributed by atoms with Crippen molar-refractivity contribution < 1.29 is 4.74 Å². The van der Waals surface area contributed by atoms with Crippen LogP contribution in [0, 0.1) is 0 Å². The van der Waals surface area contributed by atoms with E-state index in [0.717, 1.165) is 38.3 Å². The smallest absolute Gasteiger partial charge is 0.0593 e. The van der Waals surface area contributed by atoms with Crippen LogP contribution in [0.25, 0.3) is 0 Å². The first-order valence-corrected chi connectivity index (χ1v) is 6.51. The molecule has 3 nitrogen and oxygen atoms in total. The fourth-order valence-corrected chi connectivity index (χ4v) is 3.12. The van der Waals surface area contributed by atoms with E-state index in [1.165, 1.54) is 25.7 Å². The highest BCUT2D eigenvalue weighted by Gasteiger charge is 2.38. The van der Waals surface area contributed by atoms with Gasteiger partial charge in [0.15, 0.2) is 0 Å². The van der Waals surface area contributed by atoms with E-state index >= 15 is 0 Å². The highest BCUT2D eigenvalue weighted by atomic mass is 16.5. The molecule has 92 valence electrons. The number of hydrogen-bond donors (Lipinski definition) is 1. The molecule has 0 aromatic rings. The van der Waals surface area contributed by atoms with Gasteiger partial charge >= 0.3 is 0 Å². The molecule has 2 heterocycles. The maximum atomic E-state index is 6.04. The van der Waals surface area contributed by atoms with Gasteiger partial charge in [-0.3, -0.25) is 4.90 Å². The van der Waals surface area contributed by atoms with Crippen LogP contribution in [-0.4, -0.2) is 42.8 Å². The Morgan fingerprint density at radius 1 is 1.25 bits per heavy atom. The largest absolute Gasteiger partial charge is 0.380 e. The minimum atomic E-state index is 0.440. The van der Waals surface area contributed by atoms with Crippen molar-refractivity contribution in [2.75, 3.05) is 19.8 Å². The van der Waals surface area contributed by atoms with Gasteiger partial charge in [-0.2, -0.15) is 0 Å². The van der Waals surface area contributed by atoms with Crippen molar-refractivity contribution in [1.82, 2.24) is 4.90 Å². The summed E-state index contributed by atoms with van der Waals surface area (Å²) >= 11 is 0. The molecule has 16 heavy (non-hydrogen) atoms. The summed E-state index contributed by atoms with van der Waals surface area (Å²) in [7, 11) is 0. The van der Waals surface area contributed by atoms with E-state index in [1.807, 2.05) is 6.08 Å². The SMILES string of the molecule is C=CCCOCCN1C2CCC1CC(N)C2. The molecule has 2 unspecified atom stereocenters. The van der Waals surface area contributed by atoms with Gasteiger partial charge in [0, 0.05) is 24.7 Å². The van der Waals surface area contributed by atoms with E-state index in [4.69, 9.17) is 10.5 Å². The van der Waals surface area contributed by atoms with Crippen LogP contribution >= 0.6 is 0 Å². The molecule has 0 spiro atoms. The van der Waals surface area contributed by atoms with Crippen molar-refractivity contribution in [3.8, 4) is 0 Å².